The first kappa shape index (κ1) is 11.6. The van der Waals surface area contributed by atoms with E-state index in [0.717, 1.165) is 17.4 Å². The molecule has 0 fully saturated rings. The third-order valence-corrected chi connectivity index (χ3v) is 2.54. The highest BCUT2D eigenvalue weighted by Crippen LogP contribution is 2.36. The van der Waals surface area contributed by atoms with Crippen LogP contribution in [0, 0.1) is 0 Å². The van der Waals surface area contributed by atoms with Gasteiger partial charge in [0.15, 0.2) is 11.5 Å². The smallest absolute Gasteiger partial charge is 0.164 e. The largest absolute Gasteiger partial charge is 0.504 e. The van der Waals surface area contributed by atoms with Crippen LogP contribution in [0.25, 0.3) is 0 Å². The molecule has 0 atom stereocenters. The summed E-state index contributed by atoms with van der Waals surface area (Å²) in [4.78, 5) is 10.9. The van der Waals surface area contributed by atoms with Crippen LogP contribution in [0.5, 0.6) is 11.5 Å². The molecule has 0 heterocycles. The van der Waals surface area contributed by atoms with Gasteiger partial charge in [0.25, 0.3) is 0 Å². The van der Waals surface area contributed by atoms with Gasteiger partial charge in [-0.2, -0.15) is 0 Å². The molecule has 3 heteroatoms. The fourth-order valence-electron chi connectivity index (χ4n) is 1.72. The average molecular weight is 208 g/mol. The van der Waals surface area contributed by atoms with Gasteiger partial charge in [-0.3, -0.25) is 4.79 Å². The van der Waals surface area contributed by atoms with E-state index in [4.69, 9.17) is 4.74 Å². The summed E-state index contributed by atoms with van der Waals surface area (Å²) in [5.74, 6) is 0.585. The number of ether oxygens (including phenoxy) is 1. The Labute approximate surface area is 89.7 Å². The van der Waals surface area contributed by atoms with Crippen molar-refractivity contribution >= 4 is 6.29 Å². The maximum absolute atomic E-state index is 10.9. The molecule has 0 saturated heterocycles. The number of benzene rings is 1. The zero-order valence-corrected chi connectivity index (χ0v) is 9.33. The van der Waals surface area contributed by atoms with Crippen LogP contribution >= 0.6 is 0 Å². The molecule has 0 aliphatic heterocycles. The van der Waals surface area contributed by atoms with E-state index in [2.05, 4.69) is 0 Å². The Morgan fingerprint density at radius 2 is 2.07 bits per heavy atom. The molecule has 1 rings (SSSR count). The molecule has 0 aliphatic carbocycles. The Balaban J connectivity index is 3.49. The lowest BCUT2D eigenvalue weighted by atomic mass is 9.99. The molecule has 0 saturated carbocycles. The van der Waals surface area contributed by atoms with Gasteiger partial charge in [-0.1, -0.05) is 13.8 Å². The first-order valence-corrected chi connectivity index (χ1v) is 5.06. The lowest BCUT2D eigenvalue weighted by Gasteiger charge is -2.14. The van der Waals surface area contributed by atoms with E-state index in [0.29, 0.717) is 24.2 Å². The van der Waals surface area contributed by atoms with Crippen LogP contribution in [-0.2, 0) is 12.8 Å². The van der Waals surface area contributed by atoms with Crippen LogP contribution in [0.1, 0.15) is 35.3 Å². The summed E-state index contributed by atoms with van der Waals surface area (Å²) >= 11 is 0. The molecule has 0 radical (unpaired) electrons. The zero-order chi connectivity index (χ0) is 11.4. The molecule has 0 unspecified atom stereocenters. The summed E-state index contributed by atoms with van der Waals surface area (Å²) in [5.41, 5.74) is 2.11. The minimum Gasteiger partial charge on any atom is -0.504 e. The molecule has 0 aromatic heterocycles. The number of phenols is 1. The minimum absolute atomic E-state index is 0.155. The summed E-state index contributed by atoms with van der Waals surface area (Å²) in [6.07, 6.45) is 2.14. The van der Waals surface area contributed by atoms with Gasteiger partial charge in [-0.15, -0.1) is 0 Å². The Morgan fingerprint density at radius 3 is 2.47 bits per heavy atom. The van der Waals surface area contributed by atoms with E-state index in [-0.39, 0.29) is 5.75 Å². The van der Waals surface area contributed by atoms with Gasteiger partial charge < -0.3 is 9.84 Å². The van der Waals surface area contributed by atoms with E-state index >= 15 is 0 Å². The van der Waals surface area contributed by atoms with E-state index in [1.165, 1.54) is 7.11 Å². The number of aromatic hydroxyl groups is 1. The van der Waals surface area contributed by atoms with E-state index in [1.807, 2.05) is 13.8 Å². The number of hydrogen-bond acceptors (Lipinski definition) is 3. The Hall–Kier alpha value is -1.51. The van der Waals surface area contributed by atoms with Crippen molar-refractivity contribution in [1.82, 2.24) is 0 Å². The lowest BCUT2D eigenvalue weighted by Crippen LogP contribution is -1.99. The van der Waals surface area contributed by atoms with Crippen molar-refractivity contribution in [2.24, 2.45) is 0 Å². The van der Waals surface area contributed by atoms with Crippen LogP contribution in [-0.4, -0.2) is 18.5 Å². The number of aldehydes is 1. The van der Waals surface area contributed by atoms with Crippen molar-refractivity contribution in [2.75, 3.05) is 7.11 Å². The van der Waals surface area contributed by atoms with Gasteiger partial charge >= 0.3 is 0 Å². The molecular weight excluding hydrogens is 192 g/mol. The van der Waals surface area contributed by atoms with Gasteiger partial charge in [0.2, 0.25) is 0 Å². The van der Waals surface area contributed by atoms with Crippen LogP contribution in [0.3, 0.4) is 0 Å². The van der Waals surface area contributed by atoms with Crippen molar-refractivity contribution in [1.29, 1.82) is 0 Å². The van der Waals surface area contributed by atoms with Crippen molar-refractivity contribution < 1.29 is 14.6 Å². The van der Waals surface area contributed by atoms with E-state index in [9.17, 15) is 9.90 Å². The van der Waals surface area contributed by atoms with Gasteiger partial charge in [0, 0.05) is 11.1 Å². The number of methoxy groups -OCH3 is 1. The first-order chi connectivity index (χ1) is 7.19. The summed E-state index contributed by atoms with van der Waals surface area (Å²) in [6.45, 7) is 3.85. The second-order valence-corrected chi connectivity index (χ2v) is 3.31. The van der Waals surface area contributed by atoms with E-state index in [1.54, 1.807) is 6.07 Å². The molecule has 0 bridgehead atoms. The Bertz CT molecular complexity index is 370. The molecule has 0 spiro atoms. The summed E-state index contributed by atoms with van der Waals surface area (Å²) in [7, 11) is 1.50. The quantitative estimate of drug-likeness (QED) is 0.772. The number of carbonyl (C=O) groups excluding carboxylic acids is 1. The van der Waals surface area contributed by atoms with Crippen molar-refractivity contribution in [3.05, 3.63) is 22.8 Å². The maximum atomic E-state index is 10.9. The minimum atomic E-state index is 0.155. The van der Waals surface area contributed by atoms with Crippen molar-refractivity contribution in [2.45, 2.75) is 26.7 Å². The SMILES string of the molecule is CCc1cc(C=O)c(CC)c(OC)c1O. The second-order valence-electron chi connectivity index (χ2n) is 3.31. The fraction of sp³-hybridized carbons (Fsp3) is 0.417. The molecule has 0 amide bonds. The van der Waals surface area contributed by atoms with E-state index < -0.39 is 0 Å². The predicted molar refractivity (Wildman–Crippen MR) is 58.8 cm³/mol. The zero-order valence-electron chi connectivity index (χ0n) is 9.33. The van der Waals surface area contributed by atoms with Gasteiger partial charge in [-0.05, 0) is 24.5 Å². The molecule has 15 heavy (non-hydrogen) atoms. The molecular formula is C12H16O3. The van der Waals surface area contributed by atoms with Gasteiger partial charge in [0.05, 0.1) is 7.11 Å². The molecule has 0 aliphatic rings. The predicted octanol–water partition coefficient (Wildman–Crippen LogP) is 2.34. The number of rotatable bonds is 4. The lowest BCUT2D eigenvalue weighted by molar-refractivity contribution is 0.112. The third-order valence-electron chi connectivity index (χ3n) is 2.54. The summed E-state index contributed by atoms with van der Waals surface area (Å²) in [5, 5.41) is 9.88. The second kappa shape index (κ2) is 4.82. The highest BCUT2D eigenvalue weighted by Gasteiger charge is 2.15. The van der Waals surface area contributed by atoms with Gasteiger partial charge in [0.1, 0.15) is 6.29 Å². The normalized spacial score (nSPS) is 10.1. The van der Waals surface area contributed by atoms with Crippen LogP contribution < -0.4 is 4.74 Å². The standard InChI is InChI=1S/C12H16O3/c1-4-8-6-9(7-13)10(5-2)12(15-3)11(8)14/h6-7,14H,4-5H2,1-3H3. The van der Waals surface area contributed by atoms with Crippen LogP contribution in [0.15, 0.2) is 6.07 Å². The monoisotopic (exact) mass is 208 g/mol. The Kier molecular flexibility index (Phi) is 3.72. The number of carbonyl (C=O) groups is 1. The average Bonchev–Trinajstić information content (AvgIpc) is 2.28. The Morgan fingerprint density at radius 1 is 1.40 bits per heavy atom. The number of aryl methyl sites for hydroxylation is 1. The van der Waals surface area contributed by atoms with Gasteiger partial charge in [-0.25, -0.2) is 0 Å². The fourth-order valence-corrected chi connectivity index (χ4v) is 1.72. The van der Waals surface area contributed by atoms with Crippen molar-refractivity contribution in [3.8, 4) is 11.5 Å². The molecule has 3 nitrogen and oxygen atoms in total. The highest BCUT2D eigenvalue weighted by atomic mass is 16.5. The molecule has 82 valence electrons. The topological polar surface area (TPSA) is 46.5 Å². The maximum Gasteiger partial charge on any atom is 0.164 e. The molecule has 1 N–H and O–H groups in total. The first-order valence-electron chi connectivity index (χ1n) is 5.06. The summed E-state index contributed by atoms with van der Waals surface area (Å²) < 4.78 is 5.14. The van der Waals surface area contributed by atoms with Crippen LogP contribution in [0.2, 0.25) is 0 Å². The third kappa shape index (κ3) is 1.96. The van der Waals surface area contributed by atoms with Crippen molar-refractivity contribution in [3.63, 3.8) is 0 Å². The highest BCUT2D eigenvalue weighted by molar-refractivity contribution is 5.80. The molecule has 1 aromatic carbocycles. The molecule has 1 aromatic rings. The number of phenolic OH excluding ortho intramolecular Hbond substituents is 1. The van der Waals surface area contributed by atoms with Crippen LogP contribution in [0.4, 0.5) is 0 Å². The number of hydrogen-bond donors (Lipinski definition) is 1. The summed E-state index contributed by atoms with van der Waals surface area (Å²) in [6, 6.07) is 1.73.